The van der Waals surface area contributed by atoms with Gasteiger partial charge in [-0.25, -0.2) is 4.98 Å². The van der Waals surface area contributed by atoms with Crippen molar-refractivity contribution < 1.29 is 0 Å². The first-order valence-electron chi connectivity index (χ1n) is 6.69. The second kappa shape index (κ2) is 6.19. The van der Waals surface area contributed by atoms with Crippen LogP contribution in [0.3, 0.4) is 0 Å². The third-order valence-electron chi connectivity index (χ3n) is 2.90. The van der Waals surface area contributed by atoms with Crippen LogP contribution in [0.15, 0.2) is 17.2 Å². The average molecular weight is 266 g/mol. The molecule has 19 heavy (non-hydrogen) atoms. The van der Waals surface area contributed by atoms with Crippen molar-refractivity contribution in [2.24, 2.45) is 5.41 Å². The van der Waals surface area contributed by atoms with Crippen LogP contribution < -0.4 is 10.9 Å². The van der Waals surface area contributed by atoms with Gasteiger partial charge in [0.1, 0.15) is 0 Å². The predicted molar refractivity (Wildman–Crippen MR) is 79.7 cm³/mol. The molecule has 1 heterocycles. The second-order valence-corrected chi connectivity index (χ2v) is 6.34. The molecular weight excluding hydrogens is 240 g/mol. The highest BCUT2D eigenvalue weighted by Crippen LogP contribution is 2.16. The van der Waals surface area contributed by atoms with Crippen LogP contribution in [0.25, 0.3) is 0 Å². The zero-order chi connectivity index (χ0) is 14.6. The summed E-state index contributed by atoms with van der Waals surface area (Å²) in [6.07, 6.45) is 3.39. The predicted octanol–water partition coefficient (Wildman–Crippen LogP) is 1.82. The molecule has 0 atom stereocenters. The number of hydrogen-bond donors (Lipinski definition) is 1. The van der Waals surface area contributed by atoms with Crippen LogP contribution in [0.2, 0.25) is 0 Å². The van der Waals surface area contributed by atoms with E-state index in [0.717, 1.165) is 13.1 Å². The summed E-state index contributed by atoms with van der Waals surface area (Å²) in [7, 11) is 4.10. The minimum Gasteiger partial charge on any atom is -0.365 e. The lowest BCUT2D eigenvalue weighted by Gasteiger charge is -2.28. The molecular formula is C14H26N4O. The molecule has 1 aromatic rings. The van der Waals surface area contributed by atoms with Crippen LogP contribution in [-0.2, 0) is 0 Å². The molecule has 0 aromatic carbocycles. The summed E-state index contributed by atoms with van der Waals surface area (Å²) in [4.78, 5) is 18.5. The van der Waals surface area contributed by atoms with E-state index in [1.54, 1.807) is 17.0 Å². The van der Waals surface area contributed by atoms with Gasteiger partial charge in [0.05, 0.1) is 0 Å². The van der Waals surface area contributed by atoms with E-state index < -0.39 is 0 Å². The molecule has 0 fully saturated rings. The molecule has 0 spiro atoms. The summed E-state index contributed by atoms with van der Waals surface area (Å²) in [5.74, 6) is 0.433. The zero-order valence-corrected chi connectivity index (χ0v) is 12.9. The van der Waals surface area contributed by atoms with Crippen molar-refractivity contribution in [2.45, 2.75) is 33.7 Å². The summed E-state index contributed by atoms with van der Waals surface area (Å²) < 4.78 is 1.69. The van der Waals surface area contributed by atoms with Crippen LogP contribution in [0.1, 0.15) is 33.7 Å². The fourth-order valence-electron chi connectivity index (χ4n) is 2.19. The number of anilines is 1. The summed E-state index contributed by atoms with van der Waals surface area (Å²) in [6.45, 7) is 9.98. The van der Waals surface area contributed by atoms with Crippen LogP contribution in [-0.4, -0.2) is 41.6 Å². The van der Waals surface area contributed by atoms with Gasteiger partial charge in [-0.15, -0.1) is 0 Å². The number of hydrogen-bond acceptors (Lipinski definition) is 4. The van der Waals surface area contributed by atoms with Gasteiger partial charge in [-0.3, -0.25) is 4.79 Å². The Kier molecular flexibility index (Phi) is 5.11. The molecule has 0 amide bonds. The number of aromatic nitrogens is 2. The topological polar surface area (TPSA) is 50.2 Å². The standard InChI is InChI=1S/C14H26N4O/c1-11(2)18-8-7-15-12(13(18)19)16-9-14(3,4)10-17(5)6/h7-8,11H,9-10H2,1-6H3,(H,15,16). The van der Waals surface area contributed by atoms with E-state index in [9.17, 15) is 4.79 Å². The van der Waals surface area contributed by atoms with Crippen LogP contribution >= 0.6 is 0 Å². The van der Waals surface area contributed by atoms with E-state index in [2.05, 4.69) is 29.0 Å². The molecule has 0 aliphatic carbocycles. The van der Waals surface area contributed by atoms with Gasteiger partial charge in [-0.05, 0) is 33.4 Å². The van der Waals surface area contributed by atoms with Gasteiger partial charge in [0.2, 0.25) is 0 Å². The van der Waals surface area contributed by atoms with Gasteiger partial charge in [-0.2, -0.15) is 0 Å². The molecule has 0 saturated heterocycles. The highest BCUT2D eigenvalue weighted by Gasteiger charge is 2.19. The fourth-order valence-corrected chi connectivity index (χ4v) is 2.19. The monoisotopic (exact) mass is 266 g/mol. The molecule has 1 N–H and O–H groups in total. The molecule has 0 unspecified atom stereocenters. The maximum absolute atomic E-state index is 12.2. The van der Waals surface area contributed by atoms with Gasteiger partial charge in [0, 0.05) is 31.5 Å². The Hall–Kier alpha value is -1.36. The first kappa shape index (κ1) is 15.7. The Balaban J connectivity index is 2.79. The highest BCUT2D eigenvalue weighted by atomic mass is 16.1. The first-order valence-corrected chi connectivity index (χ1v) is 6.69. The zero-order valence-electron chi connectivity index (χ0n) is 12.9. The Morgan fingerprint density at radius 2 is 2.05 bits per heavy atom. The van der Waals surface area contributed by atoms with E-state index in [1.807, 2.05) is 27.9 Å². The van der Waals surface area contributed by atoms with Gasteiger partial charge in [0.25, 0.3) is 5.56 Å². The summed E-state index contributed by atoms with van der Waals surface area (Å²) in [6, 6.07) is 0.144. The Morgan fingerprint density at radius 1 is 1.42 bits per heavy atom. The highest BCUT2D eigenvalue weighted by molar-refractivity contribution is 5.31. The molecule has 1 rings (SSSR count). The number of nitrogens with zero attached hydrogens (tertiary/aromatic N) is 3. The lowest BCUT2D eigenvalue weighted by molar-refractivity contribution is 0.254. The maximum Gasteiger partial charge on any atom is 0.293 e. The molecule has 0 aliphatic heterocycles. The molecule has 0 saturated carbocycles. The summed E-state index contributed by atoms with van der Waals surface area (Å²) in [5, 5.41) is 3.18. The van der Waals surface area contributed by atoms with Gasteiger partial charge >= 0.3 is 0 Å². The molecule has 5 nitrogen and oxygen atoms in total. The molecule has 1 aromatic heterocycles. The molecule has 0 aliphatic rings. The normalized spacial score (nSPS) is 12.2. The number of nitrogens with one attached hydrogen (secondary N) is 1. The van der Waals surface area contributed by atoms with Crippen molar-refractivity contribution in [3.8, 4) is 0 Å². The quantitative estimate of drug-likeness (QED) is 0.853. The molecule has 5 heteroatoms. The van der Waals surface area contributed by atoms with Crippen molar-refractivity contribution >= 4 is 5.82 Å². The molecule has 0 radical (unpaired) electrons. The lowest BCUT2D eigenvalue weighted by atomic mass is 9.93. The van der Waals surface area contributed by atoms with Crippen LogP contribution in [0, 0.1) is 5.41 Å². The minimum absolute atomic E-state index is 0.0573. The maximum atomic E-state index is 12.2. The summed E-state index contributed by atoms with van der Waals surface area (Å²) in [5.41, 5.74) is 0.0222. The van der Waals surface area contributed by atoms with Gasteiger partial charge < -0.3 is 14.8 Å². The van der Waals surface area contributed by atoms with Gasteiger partial charge in [0.15, 0.2) is 5.82 Å². The summed E-state index contributed by atoms with van der Waals surface area (Å²) >= 11 is 0. The van der Waals surface area contributed by atoms with E-state index in [1.165, 1.54) is 0 Å². The van der Waals surface area contributed by atoms with Gasteiger partial charge in [-0.1, -0.05) is 13.8 Å². The Bertz CT molecular complexity index is 463. The molecule has 0 bridgehead atoms. The Morgan fingerprint density at radius 3 is 2.58 bits per heavy atom. The van der Waals surface area contributed by atoms with Crippen molar-refractivity contribution in [1.29, 1.82) is 0 Å². The van der Waals surface area contributed by atoms with Crippen molar-refractivity contribution in [2.75, 3.05) is 32.5 Å². The first-order chi connectivity index (χ1) is 8.73. The van der Waals surface area contributed by atoms with Crippen LogP contribution in [0.5, 0.6) is 0 Å². The van der Waals surface area contributed by atoms with E-state index >= 15 is 0 Å². The fraction of sp³-hybridized carbons (Fsp3) is 0.714. The van der Waals surface area contributed by atoms with E-state index in [0.29, 0.717) is 5.82 Å². The number of rotatable bonds is 6. The smallest absolute Gasteiger partial charge is 0.293 e. The minimum atomic E-state index is -0.0573. The van der Waals surface area contributed by atoms with Crippen molar-refractivity contribution in [3.05, 3.63) is 22.7 Å². The van der Waals surface area contributed by atoms with Crippen molar-refractivity contribution in [3.63, 3.8) is 0 Å². The average Bonchev–Trinajstić information content (AvgIpc) is 2.25. The Labute approximate surface area is 115 Å². The van der Waals surface area contributed by atoms with Crippen LogP contribution in [0.4, 0.5) is 5.82 Å². The van der Waals surface area contributed by atoms with E-state index in [4.69, 9.17) is 0 Å². The lowest BCUT2D eigenvalue weighted by Crippen LogP contribution is -2.36. The SMILES string of the molecule is CC(C)n1ccnc(NCC(C)(C)CN(C)C)c1=O. The molecule has 108 valence electrons. The third-order valence-corrected chi connectivity index (χ3v) is 2.90. The largest absolute Gasteiger partial charge is 0.365 e. The second-order valence-electron chi connectivity index (χ2n) is 6.34. The van der Waals surface area contributed by atoms with Crippen molar-refractivity contribution in [1.82, 2.24) is 14.5 Å². The van der Waals surface area contributed by atoms with E-state index in [-0.39, 0.29) is 17.0 Å². The third kappa shape index (κ3) is 4.67.